The molecule has 0 amide bonds. The Hall–Kier alpha value is 0.280. The van der Waals surface area contributed by atoms with Crippen molar-refractivity contribution in [2.24, 2.45) is 0 Å². The summed E-state index contributed by atoms with van der Waals surface area (Å²) in [6, 6.07) is 0. The molecule has 0 atom stereocenters. The molecule has 0 bridgehead atoms. The monoisotopic (exact) mass is 426 g/mol. The Balaban J connectivity index is 0. The van der Waals surface area contributed by atoms with Crippen LogP contribution in [0.4, 0.5) is 0 Å². The van der Waals surface area contributed by atoms with Crippen molar-refractivity contribution in [3.8, 4) is 0 Å². The van der Waals surface area contributed by atoms with E-state index in [0.717, 1.165) is 25.7 Å². The van der Waals surface area contributed by atoms with Crippen LogP contribution in [-0.4, -0.2) is 67.2 Å². The number of Topliss-reactive ketones (excluding diaryl/α,β-unsaturated/α-hetero) is 1. The molecule has 0 saturated carbocycles. The van der Waals surface area contributed by atoms with Gasteiger partial charge in [-0.1, -0.05) is 70.4 Å². The van der Waals surface area contributed by atoms with Gasteiger partial charge in [0.2, 0.25) is 0 Å². The third-order valence-corrected chi connectivity index (χ3v) is 5.30. The number of rotatable bonds is 20. The van der Waals surface area contributed by atoms with Crippen LogP contribution in [0.2, 0.25) is 0 Å². The number of allylic oxidation sites excluding steroid dienone is 2. The molecule has 1 radical (unpaired) electrons. The number of unbranched alkanes of at least 4 members (excludes halogenated alkanes) is 11. The smallest absolute Gasteiger partial charge is 0.266 e. The van der Waals surface area contributed by atoms with Crippen molar-refractivity contribution >= 4 is 45.5 Å². The second kappa shape index (κ2) is 22.0. The van der Waals surface area contributed by atoms with E-state index in [9.17, 15) is 13.2 Å². The molecule has 0 aliphatic heterocycles. The standard InChI is InChI=1S/C21H41NO4S.Na/c1-2-3-4-5-6-7-8-9-10-11-12-13-14-15-16-17-21(23)20-22-18-19-27(24,25)26;/h9-10,22H,2-8,11-20H2,1H3,(H,24,25,26);/b10-9-;. The summed E-state index contributed by atoms with van der Waals surface area (Å²) in [6.45, 7) is 2.54. The Morgan fingerprint density at radius 3 is 1.89 bits per heavy atom. The predicted molar refractivity (Wildman–Crippen MR) is 119 cm³/mol. The average Bonchev–Trinajstić information content (AvgIpc) is 2.61. The molecule has 28 heavy (non-hydrogen) atoms. The van der Waals surface area contributed by atoms with E-state index in [2.05, 4.69) is 24.4 Å². The SMILES string of the molecule is CCCCCCCC/C=C\CCCCCCCC(=O)CNCCS(=O)(=O)O.[Na]. The number of hydrogen-bond donors (Lipinski definition) is 2. The number of nitrogens with one attached hydrogen (secondary N) is 1. The Morgan fingerprint density at radius 1 is 0.857 bits per heavy atom. The van der Waals surface area contributed by atoms with Crippen molar-refractivity contribution in [1.29, 1.82) is 0 Å². The molecule has 0 aromatic rings. The number of carbonyl (C=O) groups excluding carboxylic acids is 1. The second-order valence-corrected chi connectivity index (χ2v) is 8.91. The van der Waals surface area contributed by atoms with E-state index in [1.807, 2.05) is 0 Å². The van der Waals surface area contributed by atoms with Gasteiger partial charge in [0.25, 0.3) is 10.1 Å². The zero-order valence-corrected chi connectivity index (χ0v) is 21.1. The van der Waals surface area contributed by atoms with Gasteiger partial charge in [0.05, 0.1) is 12.3 Å². The normalized spacial score (nSPS) is 11.6. The van der Waals surface area contributed by atoms with E-state index in [1.54, 1.807) is 0 Å². The Labute approximate surface area is 195 Å². The van der Waals surface area contributed by atoms with Gasteiger partial charge in [-0.15, -0.1) is 0 Å². The van der Waals surface area contributed by atoms with Crippen LogP contribution in [0.1, 0.15) is 96.8 Å². The Kier molecular flexibility index (Phi) is 23.9. The van der Waals surface area contributed by atoms with Crippen LogP contribution in [0.25, 0.3) is 0 Å². The summed E-state index contributed by atoms with van der Waals surface area (Å²) in [5.41, 5.74) is 0. The predicted octanol–water partition coefficient (Wildman–Crippen LogP) is 4.69. The van der Waals surface area contributed by atoms with Gasteiger partial charge in [-0.3, -0.25) is 9.35 Å². The van der Waals surface area contributed by atoms with Crippen molar-refractivity contribution in [2.45, 2.75) is 96.8 Å². The summed E-state index contributed by atoms with van der Waals surface area (Å²) in [5, 5.41) is 2.75. The summed E-state index contributed by atoms with van der Waals surface area (Å²) in [6.07, 6.45) is 21.2. The zero-order valence-electron chi connectivity index (χ0n) is 18.3. The first-order chi connectivity index (χ1) is 13.0. The maximum Gasteiger partial charge on any atom is 0.266 e. The first-order valence-electron chi connectivity index (χ1n) is 10.8. The van der Waals surface area contributed by atoms with Gasteiger partial charge in [0.1, 0.15) is 5.78 Å². The largest absolute Gasteiger partial charge is 0.309 e. The number of hydrogen-bond acceptors (Lipinski definition) is 4. The van der Waals surface area contributed by atoms with E-state index >= 15 is 0 Å². The van der Waals surface area contributed by atoms with E-state index in [0.29, 0.717) is 6.42 Å². The minimum absolute atomic E-state index is 0. The molecule has 0 aliphatic carbocycles. The van der Waals surface area contributed by atoms with Crippen LogP contribution in [0.3, 0.4) is 0 Å². The molecular weight excluding hydrogens is 385 g/mol. The average molecular weight is 427 g/mol. The summed E-state index contributed by atoms with van der Waals surface area (Å²) in [7, 11) is -3.94. The number of carbonyl (C=O) groups is 1. The third kappa shape index (κ3) is 26.3. The summed E-state index contributed by atoms with van der Waals surface area (Å²) in [5.74, 6) is -0.254. The van der Waals surface area contributed by atoms with Gasteiger partial charge in [-0.2, -0.15) is 8.42 Å². The van der Waals surface area contributed by atoms with Crippen molar-refractivity contribution < 1.29 is 17.8 Å². The molecule has 5 nitrogen and oxygen atoms in total. The summed E-state index contributed by atoms with van der Waals surface area (Å²) in [4.78, 5) is 11.6. The topological polar surface area (TPSA) is 83.5 Å². The molecule has 0 aromatic heterocycles. The molecule has 2 N–H and O–H groups in total. The van der Waals surface area contributed by atoms with Crippen molar-refractivity contribution in [1.82, 2.24) is 5.32 Å². The molecule has 0 fully saturated rings. The Morgan fingerprint density at radius 2 is 1.36 bits per heavy atom. The third-order valence-electron chi connectivity index (χ3n) is 4.58. The van der Waals surface area contributed by atoms with Gasteiger partial charge in [-0.25, -0.2) is 0 Å². The molecule has 0 heterocycles. The van der Waals surface area contributed by atoms with Gasteiger partial charge in [0, 0.05) is 42.5 Å². The molecule has 0 unspecified atom stereocenters. The molecular formula is C21H41NNaO4S. The summed E-state index contributed by atoms with van der Waals surface area (Å²) < 4.78 is 29.6. The molecule has 0 saturated heterocycles. The van der Waals surface area contributed by atoms with Gasteiger partial charge in [-0.05, 0) is 32.1 Å². The minimum atomic E-state index is -3.94. The maximum absolute atomic E-state index is 11.6. The van der Waals surface area contributed by atoms with E-state index in [-0.39, 0.29) is 54.2 Å². The van der Waals surface area contributed by atoms with Crippen LogP contribution >= 0.6 is 0 Å². The van der Waals surface area contributed by atoms with Crippen LogP contribution in [0.5, 0.6) is 0 Å². The van der Waals surface area contributed by atoms with Crippen LogP contribution in [0, 0.1) is 0 Å². The first-order valence-corrected chi connectivity index (χ1v) is 12.4. The number of ketones is 1. The quantitative estimate of drug-likeness (QED) is 0.128. The van der Waals surface area contributed by atoms with Crippen LogP contribution in [0.15, 0.2) is 12.2 Å². The van der Waals surface area contributed by atoms with Gasteiger partial charge < -0.3 is 5.32 Å². The van der Waals surface area contributed by atoms with E-state index < -0.39 is 10.1 Å². The van der Waals surface area contributed by atoms with Gasteiger partial charge in [0.15, 0.2) is 0 Å². The molecule has 0 rings (SSSR count). The van der Waals surface area contributed by atoms with E-state index in [4.69, 9.17) is 4.55 Å². The molecule has 0 aliphatic rings. The molecule has 0 aromatic carbocycles. The van der Waals surface area contributed by atoms with Gasteiger partial charge >= 0.3 is 0 Å². The van der Waals surface area contributed by atoms with Crippen LogP contribution < -0.4 is 5.32 Å². The fourth-order valence-electron chi connectivity index (χ4n) is 2.91. The minimum Gasteiger partial charge on any atom is -0.309 e. The van der Waals surface area contributed by atoms with Crippen molar-refractivity contribution in [3.05, 3.63) is 12.2 Å². The van der Waals surface area contributed by atoms with E-state index in [1.165, 1.54) is 57.8 Å². The fraction of sp³-hybridized carbons (Fsp3) is 0.857. The molecule has 7 heteroatoms. The summed E-state index contributed by atoms with van der Waals surface area (Å²) >= 11 is 0. The maximum atomic E-state index is 11.6. The zero-order chi connectivity index (χ0) is 20.2. The van der Waals surface area contributed by atoms with Crippen molar-refractivity contribution in [2.75, 3.05) is 18.8 Å². The van der Waals surface area contributed by atoms with Crippen LogP contribution in [-0.2, 0) is 14.9 Å². The van der Waals surface area contributed by atoms with Crippen molar-refractivity contribution in [3.63, 3.8) is 0 Å². The molecule has 161 valence electrons. The first kappa shape index (κ1) is 30.5. The Bertz CT molecular complexity index is 481. The second-order valence-electron chi connectivity index (χ2n) is 7.34. The fourth-order valence-corrected chi connectivity index (χ4v) is 3.31. The molecule has 0 spiro atoms.